The Kier molecular flexibility index (Phi) is 5.42. The molecule has 6 nitrogen and oxygen atoms in total. The van der Waals surface area contributed by atoms with Gasteiger partial charge in [-0.05, 0) is 12.1 Å². The van der Waals surface area contributed by atoms with E-state index in [0.717, 1.165) is 25.4 Å². The van der Waals surface area contributed by atoms with E-state index in [0.29, 0.717) is 4.31 Å². The molecule has 0 fully saturated rings. The van der Waals surface area contributed by atoms with Gasteiger partial charge in [-0.3, -0.25) is 0 Å². The van der Waals surface area contributed by atoms with Crippen molar-refractivity contribution in [3.63, 3.8) is 0 Å². The van der Waals surface area contributed by atoms with Gasteiger partial charge in [0.05, 0.1) is 17.9 Å². The van der Waals surface area contributed by atoms with Crippen LogP contribution in [0.1, 0.15) is 5.56 Å². The summed E-state index contributed by atoms with van der Waals surface area (Å²) < 4.78 is 74.2. The lowest BCUT2D eigenvalue weighted by Crippen LogP contribution is -2.32. The molecule has 0 aromatic heterocycles. The normalized spacial score (nSPS) is 12.9. The zero-order chi connectivity index (χ0) is 16.4. The van der Waals surface area contributed by atoms with Gasteiger partial charge in [0, 0.05) is 19.8 Å². The summed E-state index contributed by atoms with van der Waals surface area (Å²) in [4.78, 5) is -0.816. The van der Waals surface area contributed by atoms with Crippen LogP contribution in [0.2, 0.25) is 0 Å². The summed E-state index contributed by atoms with van der Waals surface area (Å²) in [5.41, 5.74) is -0.757. The van der Waals surface area contributed by atoms with E-state index in [1.165, 1.54) is 0 Å². The van der Waals surface area contributed by atoms with E-state index < -0.39 is 54.3 Å². The van der Waals surface area contributed by atoms with E-state index >= 15 is 0 Å². The first-order valence-corrected chi connectivity index (χ1v) is 9.22. The minimum Gasteiger partial charge on any atom is -0.391 e. The molecule has 0 atom stereocenters. The van der Waals surface area contributed by atoms with Crippen LogP contribution in [-0.4, -0.2) is 51.8 Å². The molecule has 0 radical (unpaired) electrons. The Balaban J connectivity index is 3.20. The topological polar surface area (TPSA) is 91.8 Å². The standard InChI is InChI=1S/C11H15F2NO5S2/c1-14(5-6-20(2,16)17)21(18,19)10-4-3-9(12)8(7-15)11(10)13/h3-4,15H,5-7H2,1-2H3. The molecular weight excluding hydrogens is 328 g/mol. The van der Waals surface area contributed by atoms with Crippen LogP contribution >= 0.6 is 0 Å². The monoisotopic (exact) mass is 343 g/mol. The molecule has 0 aliphatic rings. The van der Waals surface area contributed by atoms with E-state index in [1.54, 1.807) is 0 Å². The molecule has 0 aliphatic carbocycles. The van der Waals surface area contributed by atoms with Crippen LogP contribution in [0.3, 0.4) is 0 Å². The van der Waals surface area contributed by atoms with Gasteiger partial charge >= 0.3 is 0 Å². The van der Waals surface area contributed by atoms with Crippen molar-refractivity contribution in [2.24, 2.45) is 0 Å². The number of benzene rings is 1. The molecular formula is C11H15F2NO5S2. The van der Waals surface area contributed by atoms with Gasteiger partial charge in [0.15, 0.2) is 5.82 Å². The molecule has 120 valence electrons. The lowest BCUT2D eigenvalue weighted by Gasteiger charge is -2.18. The second-order valence-electron chi connectivity index (χ2n) is 4.45. The first-order chi connectivity index (χ1) is 9.50. The minimum absolute atomic E-state index is 0.369. The molecule has 0 unspecified atom stereocenters. The molecule has 10 heteroatoms. The van der Waals surface area contributed by atoms with E-state index in [4.69, 9.17) is 5.11 Å². The number of aliphatic hydroxyl groups excluding tert-OH is 1. The molecule has 0 aliphatic heterocycles. The first-order valence-electron chi connectivity index (χ1n) is 5.72. The highest BCUT2D eigenvalue weighted by molar-refractivity contribution is 7.91. The van der Waals surface area contributed by atoms with Crippen molar-refractivity contribution in [1.82, 2.24) is 4.31 Å². The van der Waals surface area contributed by atoms with Crippen LogP contribution in [0.4, 0.5) is 8.78 Å². The molecule has 0 saturated carbocycles. The van der Waals surface area contributed by atoms with Crippen molar-refractivity contribution in [1.29, 1.82) is 0 Å². The lowest BCUT2D eigenvalue weighted by molar-refractivity contribution is 0.267. The van der Waals surface area contributed by atoms with Crippen molar-refractivity contribution >= 4 is 19.9 Å². The summed E-state index contributed by atoms with van der Waals surface area (Å²) in [5.74, 6) is -2.88. The van der Waals surface area contributed by atoms with Crippen LogP contribution in [0.15, 0.2) is 17.0 Å². The average molecular weight is 343 g/mol. The summed E-state index contributed by atoms with van der Waals surface area (Å²) in [5, 5.41) is 8.87. The Morgan fingerprint density at radius 3 is 2.24 bits per heavy atom. The predicted molar refractivity (Wildman–Crippen MR) is 71.8 cm³/mol. The molecule has 0 bridgehead atoms. The Morgan fingerprint density at radius 1 is 1.19 bits per heavy atom. The van der Waals surface area contributed by atoms with Crippen LogP contribution in [0.25, 0.3) is 0 Å². The maximum Gasteiger partial charge on any atom is 0.245 e. The predicted octanol–water partition coefficient (Wildman–Crippen LogP) is 0.122. The van der Waals surface area contributed by atoms with E-state index in [-0.39, 0.29) is 6.54 Å². The highest BCUT2D eigenvalue weighted by Crippen LogP contribution is 2.23. The van der Waals surface area contributed by atoms with E-state index in [9.17, 15) is 25.6 Å². The van der Waals surface area contributed by atoms with Gasteiger partial charge in [-0.15, -0.1) is 0 Å². The van der Waals surface area contributed by atoms with Crippen LogP contribution < -0.4 is 0 Å². The number of aliphatic hydroxyl groups is 1. The molecule has 1 aromatic carbocycles. The molecule has 1 N–H and O–H groups in total. The third-order valence-corrected chi connectivity index (χ3v) is 5.57. The molecule has 0 saturated heterocycles. The van der Waals surface area contributed by atoms with Crippen molar-refractivity contribution < 1.29 is 30.7 Å². The van der Waals surface area contributed by atoms with Crippen LogP contribution in [-0.2, 0) is 26.5 Å². The van der Waals surface area contributed by atoms with Gasteiger partial charge in [-0.1, -0.05) is 0 Å². The highest BCUT2D eigenvalue weighted by Gasteiger charge is 2.27. The number of nitrogens with zero attached hydrogens (tertiary/aromatic N) is 1. The molecule has 0 spiro atoms. The van der Waals surface area contributed by atoms with Gasteiger partial charge in [-0.2, -0.15) is 4.31 Å². The van der Waals surface area contributed by atoms with Crippen LogP contribution in [0.5, 0.6) is 0 Å². The van der Waals surface area contributed by atoms with Gasteiger partial charge in [0.1, 0.15) is 20.5 Å². The Hall–Kier alpha value is -1.10. The third-order valence-electron chi connectivity index (χ3n) is 2.77. The fraction of sp³-hybridized carbons (Fsp3) is 0.455. The first kappa shape index (κ1) is 18.0. The molecule has 0 heterocycles. The van der Waals surface area contributed by atoms with Crippen molar-refractivity contribution in [2.75, 3.05) is 25.6 Å². The number of rotatable bonds is 6. The second kappa shape index (κ2) is 6.34. The van der Waals surface area contributed by atoms with E-state index in [2.05, 4.69) is 0 Å². The molecule has 1 aromatic rings. The number of hydrogen-bond donors (Lipinski definition) is 1. The Bertz CT molecular complexity index is 731. The minimum atomic E-state index is -4.33. The van der Waals surface area contributed by atoms with Gasteiger partial charge < -0.3 is 5.11 Å². The summed E-state index contributed by atoms with van der Waals surface area (Å²) >= 11 is 0. The molecule has 1 rings (SSSR count). The van der Waals surface area contributed by atoms with Gasteiger partial charge in [0.2, 0.25) is 10.0 Å². The van der Waals surface area contributed by atoms with Gasteiger partial charge in [-0.25, -0.2) is 25.6 Å². The van der Waals surface area contributed by atoms with E-state index in [1.807, 2.05) is 0 Å². The number of halogens is 2. The second-order valence-corrected chi connectivity index (χ2v) is 8.73. The van der Waals surface area contributed by atoms with Gasteiger partial charge in [0.25, 0.3) is 0 Å². The molecule has 0 amide bonds. The highest BCUT2D eigenvalue weighted by atomic mass is 32.2. The zero-order valence-electron chi connectivity index (χ0n) is 11.4. The van der Waals surface area contributed by atoms with Crippen molar-refractivity contribution in [3.8, 4) is 0 Å². The fourth-order valence-corrected chi connectivity index (χ4v) is 3.48. The quantitative estimate of drug-likeness (QED) is 0.792. The number of sulfonamides is 1. The number of sulfone groups is 1. The average Bonchev–Trinajstić information content (AvgIpc) is 2.35. The number of hydrogen-bond acceptors (Lipinski definition) is 5. The Morgan fingerprint density at radius 2 is 1.76 bits per heavy atom. The van der Waals surface area contributed by atoms with Crippen molar-refractivity contribution in [2.45, 2.75) is 11.5 Å². The maximum absolute atomic E-state index is 13.9. The summed E-state index contributed by atoms with van der Waals surface area (Å²) in [6.45, 7) is -1.36. The maximum atomic E-state index is 13.9. The summed E-state index contributed by atoms with van der Waals surface area (Å²) in [6, 6.07) is 1.46. The third kappa shape index (κ3) is 4.19. The summed E-state index contributed by atoms with van der Waals surface area (Å²) in [7, 11) is -6.63. The lowest BCUT2D eigenvalue weighted by atomic mass is 10.2. The fourth-order valence-electron chi connectivity index (χ4n) is 1.50. The summed E-state index contributed by atoms with van der Waals surface area (Å²) in [6.07, 6.45) is 0.940. The largest absolute Gasteiger partial charge is 0.391 e. The smallest absolute Gasteiger partial charge is 0.245 e. The SMILES string of the molecule is CN(CCS(C)(=O)=O)S(=O)(=O)c1ccc(F)c(CO)c1F. The van der Waals surface area contributed by atoms with Crippen molar-refractivity contribution in [3.05, 3.63) is 29.3 Å². The Labute approximate surface area is 122 Å². The van der Waals surface area contributed by atoms with Crippen LogP contribution in [0, 0.1) is 11.6 Å². The zero-order valence-corrected chi connectivity index (χ0v) is 13.0. The molecule has 21 heavy (non-hydrogen) atoms.